The van der Waals surface area contributed by atoms with Gasteiger partial charge in [0.15, 0.2) is 12.4 Å². The Morgan fingerprint density at radius 1 is 1.32 bits per heavy atom. The monoisotopic (exact) mass is 260 g/mol. The molecule has 5 heteroatoms. The summed E-state index contributed by atoms with van der Waals surface area (Å²) in [6.07, 6.45) is 1.96. The number of ether oxygens (including phenoxy) is 1. The summed E-state index contributed by atoms with van der Waals surface area (Å²) in [5, 5.41) is 3.79. The summed E-state index contributed by atoms with van der Waals surface area (Å²) < 4.78 is 10.1. The lowest BCUT2D eigenvalue weighted by Gasteiger charge is -2.01. The lowest BCUT2D eigenvalue weighted by Crippen LogP contribution is -2.08. The van der Waals surface area contributed by atoms with Gasteiger partial charge in [-0.1, -0.05) is 42.4 Å². The highest BCUT2D eigenvalue weighted by molar-refractivity contribution is 5.72. The van der Waals surface area contributed by atoms with E-state index in [4.69, 9.17) is 9.26 Å². The molecule has 2 rings (SSSR count). The minimum atomic E-state index is -0.304. The van der Waals surface area contributed by atoms with E-state index < -0.39 is 0 Å². The third-order valence-electron chi connectivity index (χ3n) is 2.53. The summed E-state index contributed by atoms with van der Waals surface area (Å²) in [5.41, 5.74) is 0.921. The van der Waals surface area contributed by atoms with Gasteiger partial charge in [0, 0.05) is 6.42 Å². The highest BCUT2D eigenvalue weighted by Crippen LogP contribution is 2.04. The number of nitrogens with zero attached hydrogens (tertiary/aromatic N) is 2. The van der Waals surface area contributed by atoms with Crippen molar-refractivity contribution in [3.05, 3.63) is 47.6 Å². The fraction of sp³-hybridized carbons (Fsp3) is 0.357. The highest BCUT2D eigenvalue weighted by Gasteiger charge is 2.09. The second-order valence-corrected chi connectivity index (χ2v) is 4.18. The van der Waals surface area contributed by atoms with Gasteiger partial charge in [-0.15, -0.1) is 0 Å². The summed E-state index contributed by atoms with van der Waals surface area (Å²) in [5.74, 6) is 0.683. The number of hydrogen-bond donors (Lipinski definition) is 0. The minimum Gasteiger partial charge on any atom is -0.455 e. The molecule has 1 aromatic heterocycles. The topological polar surface area (TPSA) is 65.2 Å². The lowest BCUT2D eigenvalue weighted by molar-refractivity contribution is -0.144. The molecular weight excluding hydrogens is 244 g/mol. The van der Waals surface area contributed by atoms with Crippen LogP contribution in [0.25, 0.3) is 0 Å². The smallest absolute Gasteiger partial charge is 0.310 e. The van der Waals surface area contributed by atoms with E-state index in [-0.39, 0.29) is 19.0 Å². The molecule has 0 amide bonds. The predicted molar refractivity (Wildman–Crippen MR) is 68.2 cm³/mol. The van der Waals surface area contributed by atoms with Crippen LogP contribution in [0.3, 0.4) is 0 Å². The largest absolute Gasteiger partial charge is 0.455 e. The summed E-state index contributed by atoms with van der Waals surface area (Å²) in [4.78, 5) is 15.7. The molecule has 0 aliphatic carbocycles. The number of rotatable bonds is 6. The van der Waals surface area contributed by atoms with Crippen molar-refractivity contribution < 1.29 is 14.1 Å². The molecule has 2 aromatic rings. The first-order valence-corrected chi connectivity index (χ1v) is 6.29. The Morgan fingerprint density at radius 2 is 2.11 bits per heavy atom. The maximum absolute atomic E-state index is 11.6. The van der Waals surface area contributed by atoms with Gasteiger partial charge in [0.25, 0.3) is 5.89 Å². The van der Waals surface area contributed by atoms with Crippen molar-refractivity contribution in [2.75, 3.05) is 0 Å². The normalized spacial score (nSPS) is 10.4. The van der Waals surface area contributed by atoms with Gasteiger partial charge in [0.2, 0.25) is 0 Å². The molecule has 0 bridgehead atoms. The summed E-state index contributed by atoms with van der Waals surface area (Å²) >= 11 is 0. The Bertz CT molecular complexity index is 522. The molecule has 0 radical (unpaired) electrons. The van der Waals surface area contributed by atoms with Crippen LogP contribution in [0.15, 0.2) is 34.9 Å². The van der Waals surface area contributed by atoms with E-state index in [1.54, 1.807) is 0 Å². The van der Waals surface area contributed by atoms with E-state index in [1.807, 2.05) is 37.3 Å². The van der Waals surface area contributed by atoms with Gasteiger partial charge < -0.3 is 9.26 Å². The van der Waals surface area contributed by atoms with E-state index in [9.17, 15) is 4.79 Å². The Kier molecular flexibility index (Phi) is 4.66. The number of hydrogen-bond acceptors (Lipinski definition) is 5. The fourth-order valence-corrected chi connectivity index (χ4v) is 1.63. The van der Waals surface area contributed by atoms with Crippen LogP contribution in [0.1, 0.15) is 30.6 Å². The third kappa shape index (κ3) is 4.21. The first-order chi connectivity index (χ1) is 9.28. The van der Waals surface area contributed by atoms with Gasteiger partial charge in [-0.05, 0) is 12.0 Å². The zero-order valence-electron chi connectivity index (χ0n) is 10.8. The molecule has 0 atom stereocenters. The average Bonchev–Trinajstić information content (AvgIpc) is 2.86. The van der Waals surface area contributed by atoms with Crippen LogP contribution < -0.4 is 0 Å². The number of benzene rings is 1. The number of aryl methyl sites for hydroxylation is 1. The van der Waals surface area contributed by atoms with E-state index >= 15 is 0 Å². The first-order valence-electron chi connectivity index (χ1n) is 6.29. The molecule has 1 heterocycles. The number of carbonyl (C=O) groups excluding carboxylic acids is 1. The van der Waals surface area contributed by atoms with Gasteiger partial charge in [-0.25, -0.2) is 0 Å². The molecule has 0 aliphatic heterocycles. The first kappa shape index (κ1) is 13.3. The SMILES string of the molecule is CCCc1noc(COC(=O)Cc2ccccc2)n1. The Labute approximate surface area is 111 Å². The van der Waals surface area contributed by atoms with Crippen LogP contribution in [0.4, 0.5) is 0 Å². The highest BCUT2D eigenvalue weighted by atomic mass is 16.6. The van der Waals surface area contributed by atoms with E-state index in [0.717, 1.165) is 18.4 Å². The molecule has 0 N–H and O–H groups in total. The molecule has 100 valence electrons. The molecule has 19 heavy (non-hydrogen) atoms. The lowest BCUT2D eigenvalue weighted by atomic mass is 10.2. The number of esters is 1. The predicted octanol–water partition coefficient (Wildman–Crippen LogP) is 2.31. The van der Waals surface area contributed by atoms with Gasteiger partial charge in [0.05, 0.1) is 6.42 Å². The summed E-state index contributed by atoms with van der Waals surface area (Å²) in [6.45, 7) is 2.07. The maximum atomic E-state index is 11.6. The van der Waals surface area contributed by atoms with E-state index in [2.05, 4.69) is 10.1 Å². The molecule has 0 saturated heterocycles. The van der Waals surface area contributed by atoms with Crippen LogP contribution in [0.2, 0.25) is 0 Å². The molecular formula is C14H16N2O3. The average molecular weight is 260 g/mol. The summed E-state index contributed by atoms with van der Waals surface area (Å²) in [6, 6.07) is 9.44. The number of aromatic nitrogens is 2. The van der Waals surface area contributed by atoms with Gasteiger partial charge in [-0.2, -0.15) is 4.98 Å². The van der Waals surface area contributed by atoms with Crippen molar-refractivity contribution >= 4 is 5.97 Å². The van der Waals surface area contributed by atoms with Crippen molar-refractivity contribution in [3.8, 4) is 0 Å². The van der Waals surface area contributed by atoms with Crippen molar-refractivity contribution in [1.29, 1.82) is 0 Å². The van der Waals surface area contributed by atoms with E-state index in [1.165, 1.54) is 0 Å². The number of carbonyl (C=O) groups is 1. The van der Waals surface area contributed by atoms with Crippen LogP contribution in [0.5, 0.6) is 0 Å². The standard InChI is InChI=1S/C14H16N2O3/c1-2-6-12-15-13(19-16-12)10-18-14(17)9-11-7-4-3-5-8-11/h3-5,7-8H,2,6,9-10H2,1H3. The van der Waals surface area contributed by atoms with Crippen LogP contribution in [-0.4, -0.2) is 16.1 Å². The van der Waals surface area contributed by atoms with E-state index in [0.29, 0.717) is 11.7 Å². The fourth-order valence-electron chi connectivity index (χ4n) is 1.63. The minimum absolute atomic E-state index is 0.0301. The van der Waals surface area contributed by atoms with Crippen LogP contribution in [0, 0.1) is 0 Å². The molecule has 0 spiro atoms. The summed E-state index contributed by atoms with van der Waals surface area (Å²) in [7, 11) is 0. The van der Waals surface area contributed by atoms with Crippen LogP contribution >= 0.6 is 0 Å². The quantitative estimate of drug-likeness (QED) is 0.746. The van der Waals surface area contributed by atoms with Gasteiger partial charge in [-0.3, -0.25) is 4.79 Å². The Morgan fingerprint density at radius 3 is 2.84 bits per heavy atom. The van der Waals surface area contributed by atoms with Crippen molar-refractivity contribution in [2.45, 2.75) is 32.8 Å². The third-order valence-corrected chi connectivity index (χ3v) is 2.53. The zero-order chi connectivity index (χ0) is 13.5. The second-order valence-electron chi connectivity index (χ2n) is 4.18. The molecule has 0 unspecified atom stereocenters. The van der Waals surface area contributed by atoms with Crippen molar-refractivity contribution in [3.63, 3.8) is 0 Å². The second kappa shape index (κ2) is 6.68. The van der Waals surface area contributed by atoms with Crippen LogP contribution in [-0.2, 0) is 29.0 Å². The van der Waals surface area contributed by atoms with Crippen molar-refractivity contribution in [1.82, 2.24) is 10.1 Å². The van der Waals surface area contributed by atoms with Gasteiger partial charge in [0.1, 0.15) is 0 Å². The molecule has 0 fully saturated rings. The van der Waals surface area contributed by atoms with Crippen molar-refractivity contribution in [2.24, 2.45) is 0 Å². The maximum Gasteiger partial charge on any atom is 0.310 e. The Hall–Kier alpha value is -2.17. The molecule has 5 nitrogen and oxygen atoms in total. The molecule has 0 saturated carbocycles. The van der Waals surface area contributed by atoms with Gasteiger partial charge >= 0.3 is 5.97 Å². The molecule has 1 aromatic carbocycles. The zero-order valence-corrected chi connectivity index (χ0v) is 10.8. The molecule has 0 aliphatic rings. The Balaban J connectivity index is 1.79.